The molecule has 1 N–H and O–H groups in total. The SMILES string of the molecule is CC1CC(C2C(=O)Nc3ccc(F)cc32)CC(C)(C)C1. The standard InChI is InChI=1S/C17H22FNO/c1-10-6-11(9-17(2,3)8-10)15-13-7-12(18)4-5-14(13)19-16(15)20/h4-5,7,10-11,15H,6,8-9H2,1-3H3,(H,19,20). The van der Waals surface area contributed by atoms with E-state index in [0.29, 0.717) is 11.8 Å². The van der Waals surface area contributed by atoms with Crippen LogP contribution in [0.1, 0.15) is 51.5 Å². The van der Waals surface area contributed by atoms with Crippen LogP contribution >= 0.6 is 0 Å². The molecule has 3 atom stereocenters. The van der Waals surface area contributed by atoms with E-state index >= 15 is 0 Å². The van der Waals surface area contributed by atoms with Crippen molar-refractivity contribution in [2.45, 2.75) is 46.0 Å². The predicted molar refractivity (Wildman–Crippen MR) is 78.1 cm³/mol. The van der Waals surface area contributed by atoms with Gasteiger partial charge in [0.2, 0.25) is 5.91 Å². The maximum Gasteiger partial charge on any atom is 0.232 e. The molecule has 0 aromatic heterocycles. The molecule has 1 fully saturated rings. The molecule has 1 saturated carbocycles. The topological polar surface area (TPSA) is 29.1 Å². The van der Waals surface area contributed by atoms with Crippen LogP contribution < -0.4 is 5.32 Å². The summed E-state index contributed by atoms with van der Waals surface area (Å²) in [5, 5.41) is 2.91. The second-order valence-electron chi connectivity index (χ2n) is 7.37. The Bertz CT molecular complexity index is 552. The highest BCUT2D eigenvalue weighted by Crippen LogP contribution is 2.49. The summed E-state index contributed by atoms with van der Waals surface area (Å²) in [6, 6.07) is 4.62. The number of hydrogen-bond donors (Lipinski definition) is 1. The molecular formula is C17H22FNO. The highest BCUT2D eigenvalue weighted by molar-refractivity contribution is 6.03. The van der Waals surface area contributed by atoms with Crippen molar-refractivity contribution in [1.29, 1.82) is 0 Å². The monoisotopic (exact) mass is 275 g/mol. The van der Waals surface area contributed by atoms with Crippen molar-refractivity contribution in [2.75, 3.05) is 5.32 Å². The van der Waals surface area contributed by atoms with Gasteiger partial charge in [-0.05, 0) is 60.3 Å². The first-order chi connectivity index (χ1) is 9.35. The van der Waals surface area contributed by atoms with Crippen LogP contribution in [0.3, 0.4) is 0 Å². The van der Waals surface area contributed by atoms with E-state index in [1.54, 1.807) is 6.07 Å². The Kier molecular flexibility index (Phi) is 3.11. The second-order valence-corrected chi connectivity index (χ2v) is 7.37. The molecule has 20 heavy (non-hydrogen) atoms. The lowest BCUT2D eigenvalue weighted by Crippen LogP contribution is -2.33. The molecule has 3 heteroatoms. The van der Waals surface area contributed by atoms with Crippen molar-refractivity contribution in [1.82, 2.24) is 0 Å². The molecule has 1 aliphatic carbocycles. The van der Waals surface area contributed by atoms with Gasteiger partial charge in [-0.15, -0.1) is 0 Å². The van der Waals surface area contributed by atoms with Gasteiger partial charge in [-0.3, -0.25) is 4.79 Å². The molecular weight excluding hydrogens is 253 g/mol. The third-order valence-electron chi connectivity index (χ3n) is 4.78. The number of fused-ring (bicyclic) bond motifs is 1. The van der Waals surface area contributed by atoms with Crippen LogP contribution in [0.2, 0.25) is 0 Å². The number of halogens is 1. The molecule has 0 radical (unpaired) electrons. The zero-order chi connectivity index (χ0) is 14.5. The zero-order valence-electron chi connectivity index (χ0n) is 12.4. The summed E-state index contributed by atoms with van der Waals surface area (Å²) < 4.78 is 13.5. The Morgan fingerprint density at radius 2 is 2.05 bits per heavy atom. The molecule has 1 aromatic rings. The van der Waals surface area contributed by atoms with Gasteiger partial charge in [0.1, 0.15) is 5.82 Å². The van der Waals surface area contributed by atoms with Crippen LogP contribution in [0.25, 0.3) is 0 Å². The van der Waals surface area contributed by atoms with Crippen molar-refractivity contribution < 1.29 is 9.18 Å². The highest BCUT2D eigenvalue weighted by atomic mass is 19.1. The fraction of sp³-hybridized carbons (Fsp3) is 0.588. The summed E-state index contributed by atoms with van der Waals surface area (Å²) in [6.45, 7) is 6.80. The quantitative estimate of drug-likeness (QED) is 0.812. The molecule has 0 spiro atoms. The van der Waals surface area contributed by atoms with Crippen LogP contribution in [-0.2, 0) is 4.79 Å². The van der Waals surface area contributed by atoms with E-state index in [4.69, 9.17) is 0 Å². The second kappa shape index (κ2) is 4.57. The average molecular weight is 275 g/mol. The van der Waals surface area contributed by atoms with Crippen molar-refractivity contribution in [3.8, 4) is 0 Å². The molecule has 1 heterocycles. The predicted octanol–water partition coefficient (Wildman–Crippen LogP) is 4.32. The molecule has 0 bridgehead atoms. The number of anilines is 1. The summed E-state index contributed by atoms with van der Waals surface area (Å²) in [5.74, 6) is 0.544. The number of carbonyl (C=O) groups is 1. The van der Waals surface area contributed by atoms with Crippen LogP contribution in [0.4, 0.5) is 10.1 Å². The Balaban J connectivity index is 1.94. The van der Waals surface area contributed by atoms with E-state index in [2.05, 4.69) is 26.1 Å². The fourth-order valence-electron chi connectivity index (χ4n) is 4.40. The molecule has 2 nitrogen and oxygen atoms in total. The van der Waals surface area contributed by atoms with Crippen molar-refractivity contribution in [2.24, 2.45) is 17.3 Å². The van der Waals surface area contributed by atoms with Crippen LogP contribution in [-0.4, -0.2) is 5.91 Å². The normalized spacial score (nSPS) is 31.8. The molecule has 1 aromatic carbocycles. The summed E-state index contributed by atoms with van der Waals surface area (Å²) in [4.78, 5) is 12.3. The summed E-state index contributed by atoms with van der Waals surface area (Å²) in [7, 11) is 0. The summed E-state index contributed by atoms with van der Waals surface area (Å²) in [5.41, 5.74) is 1.90. The van der Waals surface area contributed by atoms with Gasteiger partial charge in [0, 0.05) is 5.69 Å². The lowest BCUT2D eigenvalue weighted by Gasteiger charge is -2.41. The minimum Gasteiger partial charge on any atom is -0.325 e. The van der Waals surface area contributed by atoms with Gasteiger partial charge >= 0.3 is 0 Å². The third kappa shape index (κ3) is 2.34. The number of rotatable bonds is 1. The van der Waals surface area contributed by atoms with E-state index in [-0.39, 0.29) is 23.1 Å². The first-order valence-corrected chi connectivity index (χ1v) is 7.46. The Labute approximate surface area is 119 Å². The van der Waals surface area contributed by atoms with E-state index < -0.39 is 0 Å². The lowest BCUT2D eigenvalue weighted by molar-refractivity contribution is -0.118. The van der Waals surface area contributed by atoms with E-state index in [1.807, 2.05) is 0 Å². The number of benzene rings is 1. The number of nitrogens with one attached hydrogen (secondary N) is 1. The maximum absolute atomic E-state index is 13.5. The van der Waals surface area contributed by atoms with Gasteiger partial charge in [-0.2, -0.15) is 0 Å². The van der Waals surface area contributed by atoms with E-state index in [1.165, 1.54) is 18.6 Å². The lowest BCUT2D eigenvalue weighted by atomic mass is 9.64. The van der Waals surface area contributed by atoms with Crippen LogP contribution in [0.15, 0.2) is 18.2 Å². The molecule has 1 aliphatic heterocycles. The summed E-state index contributed by atoms with van der Waals surface area (Å²) >= 11 is 0. The number of carbonyl (C=O) groups excluding carboxylic acids is 1. The number of hydrogen-bond acceptors (Lipinski definition) is 1. The molecule has 0 saturated heterocycles. The Morgan fingerprint density at radius 3 is 2.75 bits per heavy atom. The van der Waals surface area contributed by atoms with Gasteiger partial charge in [0.15, 0.2) is 0 Å². The third-order valence-corrected chi connectivity index (χ3v) is 4.78. The smallest absolute Gasteiger partial charge is 0.232 e. The first-order valence-electron chi connectivity index (χ1n) is 7.46. The molecule has 2 aliphatic rings. The largest absolute Gasteiger partial charge is 0.325 e. The van der Waals surface area contributed by atoms with Gasteiger partial charge < -0.3 is 5.32 Å². The van der Waals surface area contributed by atoms with E-state index in [9.17, 15) is 9.18 Å². The fourth-order valence-corrected chi connectivity index (χ4v) is 4.40. The van der Waals surface area contributed by atoms with Crippen molar-refractivity contribution in [3.05, 3.63) is 29.6 Å². The highest BCUT2D eigenvalue weighted by Gasteiger charge is 2.42. The van der Waals surface area contributed by atoms with Gasteiger partial charge in [0.05, 0.1) is 5.92 Å². The molecule has 108 valence electrons. The van der Waals surface area contributed by atoms with Gasteiger partial charge in [-0.25, -0.2) is 4.39 Å². The Morgan fingerprint density at radius 1 is 1.30 bits per heavy atom. The van der Waals surface area contributed by atoms with Crippen LogP contribution in [0.5, 0.6) is 0 Å². The molecule has 3 rings (SSSR count). The Hall–Kier alpha value is -1.38. The van der Waals surface area contributed by atoms with Gasteiger partial charge in [-0.1, -0.05) is 20.8 Å². The maximum atomic E-state index is 13.5. The molecule has 3 unspecified atom stereocenters. The van der Waals surface area contributed by atoms with Crippen molar-refractivity contribution in [3.63, 3.8) is 0 Å². The van der Waals surface area contributed by atoms with E-state index in [0.717, 1.165) is 24.1 Å². The first kappa shape index (κ1) is 13.6. The zero-order valence-corrected chi connectivity index (χ0v) is 12.4. The van der Waals surface area contributed by atoms with Crippen molar-refractivity contribution >= 4 is 11.6 Å². The minimum absolute atomic E-state index is 0.0421. The molecule has 1 amide bonds. The van der Waals surface area contributed by atoms with Gasteiger partial charge in [0.25, 0.3) is 0 Å². The summed E-state index contributed by atoms with van der Waals surface area (Å²) in [6.07, 6.45) is 3.29. The minimum atomic E-state index is -0.256. The number of amides is 1. The van der Waals surface area contributed by atoms with Crippen LogP contribution in [0, 0.1) is 23.1 Å². The average Bonchev–Trinajstić information content (AvgIpc) is 2.61.